The zero-order valence-electron chi connectivity index (χ0n) is 19.5. The molecule has 2 N–H and O–H groups in total. The molecule has 0 aliphatic heterocycles. The fourth-order valence-corrected chi connectivity index (χ4v) is 3.89. The maximum atomic E-state index is 13.0. The lowest BCUT2D eigenvalue weighted by Crippen LogP contribution is -2.20. The molecule has 3 aromatic heterocycles. The van der Waals surface area contributed by atoms with E-state index in [4.69, 9.17) is 0 Å². The highest BCUT2D eigenvalue weighted by molar-refractivity contribution is 9.10. The summed E-state index contributed by atoms with van der Waals surface area (Å²) in [5.74, 6) is -0.730. The zero-order valence-corrected chi connectivity index (χ0v) is 21.1. The van der Waals surface area contributed by atoms with Gasteiger partial charge in [-0.25, -0.2) is 0 Å². The predicted molar refractivity (Wildman–Crippen MR) is 132 cm³/mol. The molecule has 176 valence electrons. The fraction of sp³-hybridized carbons (Fsp3) is 0.261. The van der Waals surface area contributed by atoms with Gasteiger partial charge in [-0.15, -0.1) is 0 Å². The molecule has 3 heterocycles. The van der Waals surface area contributed by atoms with Crippen LogP contribution in [0.4, 0.5) is 11.4 Å². The van der Waals surface area contributed by atoms with Gasteiger partial charge in [-0.05, 0) is 54.4 Å². The molecule has 0 spiro atoms. The van der Waals surface area contributed by atoms with Crippen molar-refractivity contribution in [1.82, 2.24) is 29.3 Å². The quantitative estimate of drug-likeness (QED) is 0.400. The van der Waals surface area contributed by atoms with Crippen molar-refractivity contribution in [2.24, 2.45) is 14.1 Å². The second kappa shape index (κ2) is 9.26. The average molecular weight is 525 g/mol. The lowest BCUT2D eigenvalue weighted by molar-refractivity contribution is 0.101. The van der Waals surface area contributed by atoms with Crippen LogP contribution in [0.5, 0.6) is 0 Å². The van der Waals surface area contributed by atoms with Crippen LogP contribution in [0.3, 0.4) is 0 Å². The number of hydrogen-bond donors (Lipinski definition) is 2. The summed E-state index contributed by atoms with van der Waals surface area (Å²) < 4.78 is 5.96. The molecule has 4 rings (SSSR count). The van der Waals surface area contributed by atoms with Crippen molar-refractivity contribution >= 4 is 39.1 Å². The summed E-state index contributed by atoms with van der Waals surface area (Å²) in [6, 6.07) is 7.31. The number of aromatic nitrogens is 6. The van der Waals surface area contributed by atoms with Crippen molar-refractivity contribution in [2.75, 3.05) is 10.6 Å². The summed E-state index contributed by atoms with van der Waals surface area (Å²) in [6.07, 6.45) is 3.04. The highest BCUT2D eigenvalue weighted by Crippen LogP contribution is 2.22. The summed E-state index contributed by atoms with van der Waals surface area (Å²) in [5, 5.41) is 18.5. The van der Waals surface area contributed by atoms with Crippen molar-refractivity contribution in [1.29, 1.82) is 0 Å². The number of carbonyl (C=O) groups excluding carboxylic acids is 2. The van der Waals surface area contributed by atoms with Crippen LogP contribution in [-0.2, 0) is 20.6 Å². The smallest absolute Gasteiger partial charge is 0.276 e. The number of benzene rings is 1. The topological polar surface area (TPSA) is 112 Å². The van der Waals surface area contributed by atoms with Crippen molar-refractivity contribution in [3.05, 3.63) is 75.0 Å². The van der Waals surface area contributed by atoms with Gasteiger partial charge in [0.1, 0.15) is 5.69 Å². The molecular formula is C23H25BrN8O2. The van der Waals surface area contributed by atoms with Crippen LogP contribution in [0.1, 0.15) is 43.5 Å². The van der Waals surface area contributed by atoms with Gasteiger partial charge in [0.05, 0.1) is 51.9 Å². The van der Waals surface area contributed by atoms with Gasteiger partial charge < -0.3 is 10.6 Å². The summed E-state index contributed by atoms with van der Waals surface area (Å²) in [6.45, 7) is 6.31. The third kappa shape index (κ3) is 4.51. The largest absolute Gasteiger partial charge is 0.319 e. The molecule has 0 bridgehead atoms. The van der Waals surface area contributed by atoms with Gasteiger partial charge in [0, 0.05) is 19.7 Å². The first-order valence-corrected chi connectivity index (χ1v) is 11.4. The summed E-state index contributed by atoms with van der Waals surface area (Å²) in [4.78, 5) is 26.0. The highest BCUT2D eigenvalue weighted by Gasteiger charge is 2.21. The lowest BCUT2D eigenvalue weighted by atomic mass is 10.1. The Balaban J connectivity index is 1.52. The van der Waals surface area contributed by atoms with E-state index in [-0.39, 0.29) is 11.6 Å². The van der Waals surface area contributed by atoms with Gasteiger partial charge in [-0.3, -0.25) is 23.6 Å². The Kier molecular flexibility index (Phi) is 6.38. The Labute approximate surface area is 205 Å². The number of anilines is 2. The molecule has 2 amide bonds. The molecule has 0 aliphatic rings. The van der Waals surface area contributed by atoms with Crippen LogP contribution >= 0.6 is 15.9 Å². The number of halogens is 1. The van der Waals surface area contributed by atoms with Crippen molar-refractivity contribution in [2.45, 2.75) is 27.3 Å². The number of aryl methyl sites for hydroxylation is 3. The molecule has 0 unspecified atom stereocenters. The van der Waals surface area contributed by atoms with E-state index in [0.29, 0.717) is 23.5 Å². The number of nitrogens with one attached hydrogen (secondary N) is 2. The van der Waals surface area contributed by atoms with E-state index in [2.05, 4.69) is 41.9 Å². The van der Waals surface area contributed by atoms with Crippen LogP contribution in [0.15, 0.2) is 41.1 Å². The Morgan fingerprint density at radius 3 is 2.26 bits per heavy atom. The highest BCUT2D eigenvalue weighted by atomic mass is 79.9. The number of amides is 2. The first kappa shape index (κ1) is 23.4. The lowest BCUT2D eigenvalue weighted by Gasteiger charge is -2.10. The van der Waals surface area contributed by atoms with Gasteiger partial charge in [-0.2, -0.15) is 15.3 Å². The van der Waals surface area contributed by atoms with Gasteiger partial charge >= 0.3 is 0 Å². The molecule has 10 nitrogen and oxygen atoms in total. The van der Waals surface area contributed by atoms with E-state index in [1.807, 2.05) is 43.7 Å². The van der Waals surface area contributed by atoms with Crippen LogP contribution in [-0.4, -0.2) is 41.2 Å². The van der Waals surface area contributed by atoms with Crippen molar-refractivity contribution < 1.29 is 9.59 Å². The normalized spacial score (nSPS) is 11.0. The standard InChI is InChI=1S/C23H25BrN8O2/c1-13-20(24)15(3)32(29-13)12-16-7-6-8-17(9-16)22(33)28-19-11-26-31(5)21(19)23(34)27-18-10-25-30(4)14(18)2/h6-11H,12H2,1-5H3,(H,27,34)(H,28,33). The third-order valence-corrected chi connectivity index (χ3v) is 6.85. The molecule has 0 aliphatic carbocycles. The molecule has 0 saturated heterocycles. The SMILES string of the molecule is Cc1nn(Cc2cccc(C(=O)Nc3cnn(C)c3C(=O)Nc3cnn(C)c3C)c2)c(C)c1Br. The first-order valence-electron chi connectivity index (χ1n) is 10.6. The third-order valence-electron chi connectivity index (χ3n) is 5.70. The van der Waals surface area contributed by atoms with Crippen molar-refractivity contribution in [3.63, 3.8) is 0 Å². The molecule has 34 heavy (non-hydrogen) atoms. The molecule has 0 radical (unpaired) electrons. The summed E-state index contributed by atoms with van der Waals surface area (Å²) in [5.41, 5.74) is 5.29. The summed E-state index contributed by atoms with van der Waals surface area (Å²) in [7, 11) is 3.44. The molecule has 0 fully saturated rings. The average Bonchev–Trinajstić information content (AvgIpc) is 3.41. The Morgan fingerprint density at radius 1 is 0.941 bits per heavy atom. The number of hydrogen-bond acceptors (Lipinski definition) is 5. The number of rotatable bonds is 6. The minimum atomic E-state index is -0.393. The molecule has 0 saturated carbocycles. The van der Waals surface area contributed by atoms with E-state index in [0.717, 1.165) is 27.1 Å². The van der Waals surface area contributed by atoms with Crippen LogP contribution < -0.4 is 10.6 Å². The predicted octanol–water partition coefficient (Wildman–Crippen LogP) is 3.59. The Hall–Kier alpha value is -3.73. The minimum absolute atomic E-state index is 0.236. The maximum Gasteiger partial charge on any atom is 0.276 e. The molecule has 0 atom stereocenters. The van der Waals surface area contributed by atoms with E-state index in [1.165, 1.54) is 10.9 Å². The summed E-state index contributed by atoms with van der Waals surface area (Å²) >= 11 is 3.54. The van der Waals surface area contributed by atoms with Gasteiger partial charge in [0.2, 0.25) is 0 Å². The monoisotopic (exact) mass is 524 g/mol. The molecule has 11 heteroatoms. The van der Waals surface area contributed by atoms with Crippen LogP contribution in [0, 0.1) is 20.8 Å². The van der Waals surface area contributed by atoms with Crippen LogP contribution in [0.2, 0.25) is 0 Å². The van der Waals surface area contributed by atoms with E-state index < -0.39 is 5.91 Å². The molecule has 4 aromatic rings. The maximum absolute atomic E-state index is 13.0. The van der Waals surface area contributed by atoms with Crippen LogP contribution in [0.25, 0.3) is 0 Å². The van der Waals surface area contributed by atoms with Gasteiger partial charge in [0.25, 0.3) is 11.8 Å². The second-order valence-corrected chi connectivity index (χ2v) is 8.84. The van der Waals surface area contributed by atoms with Crippen molar-refractivity contribution in [3.8, 4) is 0 Å². The number of nitrogens with zero attached hydrogens (tertiary/aromatic N) is 6. The molecule has 1 aromatic carbocycles. The molecular weight excluding hydrogens is 500 g/mol. The van der Waals surface area contributed by atoms with E-state index in [9.17, 15) is 9.59 Å². The first-order chi connectivity index (χ1) is 16.2. The fourth-order valence-electron chi connectivity index (χ4n) is 3.61. The van der Waals surface area contributed by atoms with E-state index >= 15 is 0 Å². The second-order valence-electron chi connectivity index (χ2n) is 8.05. The Morgan fingerprint density at radius 2 is 1.62 bits per heavy atom. The minimum Gasteiger partial charge on any atom is -0.319 e. The number of carbonyl (C=O) groups is 2. The van der Waals surface area contributed by atoms with Gasteiger partial charge in [-0.1, -0.05) is 12.1 Å². The van der Waals surface area contributed by atoms with Gasteiger partial charge in [0.15, 0.2) is 0 Å². The Bertz CT molecular complexity index is 1400. The van der Waals surface area contributed by atoms with E-state index in [1.54, 1.807) is 31.0 Å². The zero-order chi connectivity index (χ0) is 24.6.